The van der Waals surface area contributed by atoms with E-state index < -0.39 is 0 Å². The number of rotatable bonds is 4. The van der Waals surface area contributed by atoms with Gasteiger partial charge in [0.1, 0.15) is 5.82 Å². The van der Waals surface area contributed by atoms with Gasteiger partial charge >= 0.3 is 0 Å². The van der Waals surface area contributed by atoms with Crippen LogP contribution in [-0.2, 0) is 0 Å². The van der Waals surface area contributed by atoms with Crippen LogP contribution in [0.4, 0.5) is 4.39 Å². The lowest BCUT2D eigenvalue weighted by atomic mass is 9.97. The summed E-state index contributed by atoms with van der Waals surface area (Å²) in [6.45, 7) is 1.82. The zero-order valence-corrected chi connectivity index (χ0v) is 13.7. The van der Waals surface area contributed by atoms with Crippen molar-refractivity contribution in [1.82, 2.24) is 10.3 Å². The van der Waals surface area contributed by atoms with Crippen LogP contribution < -0.4 is 5.32 Å². The van der Waals surface area contributed by atoms with Gasteiger partial charge < -0.3 is 9.73 Å². The molecule has 1 heterocycles. The molecule has 2 aliphatic rings. The first-order chi connectivity index (χ1) is 11.6. The molecule has 0 aliphatic heterocycles. The topological polar surface area (TPSA) is 55.1 Å². The van der Waals surface area contributed by atoms with Gasteiger partial charge in [0.15, 0.2) is 5.89 Å². The lowest BCUT2D eigenvalue weighted by Crippen LogP contribution is -2.33. The number of nitrogens with one attached hydrogen (secondary N) is 1. The molecule has 0 bridgehead atoms. The van der Waals surface area contributed by atoms with Crippen LogP contribution >= 0.6 is 0 Å². The number of hydrogen-bond donors (Lipinski definition) is 1. The van der Waals surface area contributed by atoms with Crippen LogP contribution in [0.15, 0.2) is 28.7 Å². The molecule has 126 valence electrons. The molecule has 0 spiro atoms. The average molecular weight is 328 g/mol. The van der Waals surface area contributed by atoms with E-state index in [1.165, 1.54) is 12.1 Å². The Morgan fingerprint density at radius 2 is 1.88 bits per heavy atom. The number of aryl methyl sites for hydroxylation is 1. The fourth-order valence-corrected chi connectivity index (χ4v) is 3.53. The fourth-order valence-electron chi connectivity index (χ4n) is 3.53. The van der Waals surface area contributed by atoms with Crippen molar-refractivity contribution in [3.63, 3.8) is 0 Å². The first-order valence-electron chi connectivity index (χ1n) is 8.64. The summed E-state index contributed by atoms with van der Waals surface area (Å²) >= 11 is 0. The zero-order valence-electron chi connectivity index (χ0n) is 13.7. The maximum atomic E-state index is 13.0. The molecule has 1 aromatic carbocycles. The van der Waals surface area contributed by atoms with E-state index in [-0.39, 0.29) is 17.8 Å². The number of halogens is 1. The average Bonchev–Trinajstić information content (AvgIpc) is 3.19. The number of carbonyl (C=O) groups excluding carboxylic acids is 1. The molecule has 2 aromatic rings. The van der Waals surface area contributed by atoms with Gasteiger partial charge in [-0.25, -0.2) is 9.37 Å². The van der Waals surface area contributed by atoms with Crippen molar-refractivity contribution < 1.29 is 13.6 Å². The summed E-state index contributed by atoms with van der Waals surface area (Å²) in [5, 5.41) is 3.07. The molecule has 1 amide bonds. The second-order valence-corrected chi connectivity index (χ2v) is 6.97. The maximum Gasteiger partial charge on any atom is 0.289 e. The third kappa shape index (κ3) is 3.07. The van der Waals surface area contributed by atoms with Crippen LogP contribution in [0.2, 0.25) is 0 Å². The van der Waals surface area contributed by atoms with Crippen molar-refractivity contribution in [1.29, 1.82) is 0 Å². The predicted molar refractivity (Wildman–Crippen MR) is 87.5 cm³/mol. The first-order valence-corrected chi connectivity index (χ1v) is 8.64. The minimum absolute atomic E-state index is 0.126. The Labute approximate surface area is 140 Å². The lowest BCUT2D eigenvalue weighted by Gasteiger charge is -2.13. The van der Waals surface area contributed by atoms with E-state index in [0.717, 1.165) is 37.7 Å². The molecule has 4 nitrogen and oxygen atoms in total. The molecule has 2 saturated carbocycles. The standard InChI is InChI=1S/C19H21FN2O2/c1-11-17(24-19(21-11)13-2-3-13)18(23)22-16-9-6-14(10-16)12-4-7-15(20)8-5-12/h4-5,7-8,13-14,16H,2-3,6,9-10H2,1H3,(H,22,23)/t14-,16-/m1/s1. The number of hydrogen-bond acceptors (Lipinski definition) is 3. The minimum atomic E-state index is -0.214. The van der Waals surface area contributed by atoms with Crippen LogP contribution in [0.3, 0.4) is 0 Å². The Balaban J connectivity index is 1.39. The lowest BCUT2D eigenvalue weighted by molar-refractivity contribution is 0.0907. The molecule has 2 fully saturated rings. The van der Waals surface area contributed by atoms with Crippen LogP contribution in [-0.4, -0.2) is 16.9 Å². The van der Waals surface area contributed by atoms with Crippen molar-refractivity contribution in [3.8, 4) is 0 Å². The Morgan fingerprint density at radius 3 is 2.58 bits per heavy atom. The Morgan fingerprint density at radius 1 is 1.17 bits per heavy atom. The van der Waals surface area contributed by atoms with Gasteiger partial charge in [0.05, 0.1) is 5.69 Å². The summed E-state index contributed by atoms with van der Waals surface area (Å²) in [4.78, 5) is 16.8. The molecule has 0 unspecified atom stereocenters. The highest BCUT2D eigenvalue weighted by atomic mass is 19.1. The van der Waals surface area contributed by atoms with Crippen molar-refractivity contribution >= 4 is 5.91 Å². The number of amides is 1. The maximum absolute atomic E-state index is 13.0. The number of benzene rings is 1. The van der Waals surface area contributed by atoms with Gasteiger partial charge in [-0.3, -0.25) is 4.79 Å². The molecule has 1 N–H and O–H groups in total. The fraction of sp³-hybridized carbons (Fsp3) is 0.474. The molecule has 4 rings (SSSR count). The van der Waals surface area contributed by atoms with E-state index >= 15 is 0 Å². The molecular weight excluding hydrogens is 307 g/mol. The molecule has 0 radical (unpaired) electrons. The summed E-state index contributed by atoms with van der Waals surface area (Å²) in [5.74, 6) is 1.44. The van der Waals surface area contributed by atoms with Crippen molar-refractivity contribution in [2.75, 3.05) is 0 Å². The van der Waals surface area contributed by atoms with Crippen molar-refractivity contribution in [3.05, 3.63) is 53.0 Å². The van der Waals surface area contributed by atoms with Gasteiger partial charge in [0.2, 0.25) is 5.76 Å². The highest BCUT2D eigenvalue weighted by Gasteiger charge is 2.32. The Kier molecular flexibility index (Phi) is 3.87. The highest BCUT2D eigenvalue weighted by Crippen LogP contribution is 2.40. The van der Waals surface area contributed by atoms with E-state index in [2.05, 4.69) is 10.3 Å². The van der Waals surface area contributed by atoms with E-state index in [0.29, 0.717) is 29.2 Å². The number of nitrogens with zero attached hydrogens (tertiary/aromatic N) is 1. The smallest absolute Gasteiger partial charge is 0.289 e. The number of carbonyl (C=O) groups is 1. The summed E-state index contributed by atoms with van der Waals surface area (Å²) in [6.07, 6.45) is 5.00. The van der Waals surface area contributed by atoms with Gasteiger partial charge in [-0.1, -0.05) is 12.1 Å². The molecule has 2 aliphatic carbocycles. The molecule has 0 saturated heterocycles. The first kappa shape index (κ1) is 15.4. The Bertz CT molecular complexity index is 749. The normalized spacial score (nSPS) is 23.4. The molecule has 1 aromatic heterocycles. The van der Waals surface area contributed by atoms with Gasteiger partial charge in [-0.2, -0.15) is 0 Å². The van der Waals surface area contributed by atoms with Crippen molar-refractivity contribution in [2.24, 2.45) is 0 Å². The monoisotopic (exact) mass is 328 g/mol. The zero-order chi connectivity index (χ0) is 16.7. The van der Waals surface area contributed by atoms with E-state index in [9.17, 15) is 9.18 Å². The van der Waals surface area contributed by atoms with E-state index in [1.807, 2.05) is 19.1 Å². The minimum Gasteiger partial charge on any atom is -0.435 e. The summed E-state index contributed by atoms with van der Waals surface area (Å²) < 4.78 is 18.7. The second kappa shape index (κ2) is 6.04. The van der Waals surface area contributed by atoms with Crippen molar-refractivity contribution in [2.45, 2.75) is 56.9 Å². The van der Waals surface area contributed by atoms with Crippen LogP contribution in [0.25, 0.3) is 0 Å². The number of aromatic nitrogens is 1. The highest BCUT2D eigenvalue weighted by molar-refractivity contribution is 5.92. The Hall–Kier alpha value is -2.17. The van der Waals surface area contributed by atoms with Gasteiger partial charge in [0.25, 0.3) is 5.91 Å². The molecule has 5 heteroatoms. The predicted octanol–water partition coefficient (Wildman–Crippen LogP) is 4.07. The van der Waals surface area contributed by atoms with Crippen LogP contribution in [0, 0.1) is 12.7 Å². The third-order valence-electron chi connectivity index (χ3n) is 5.06. The quantitative estimate of drug-likeness (QED) is 0.920. The van der Waals surface area contributed by atoms with E-state index in [4.69, 9.17) is 4.42 Å². The van der Waals surface area contributed by atoms with E-state index in [1.54, 1.807) is 0 Å². The summed E-state index contributed by atoms with van der Waals surface area (Å²) in [5.41, 5.74) is 1.81. The largest absolute Gasteiger partial charge is 0.435 e. The van der Waals surface area contributed by atoms with Gasteiger partial charge in [-0.05, 0) is 62.6 Å². The second-order valence-electron chi connectivity index (χ2n) is 6.97. The van der Waals surface area contributed by atoms with Crippen LogP contribution in [0.1, 0.15) is 71.6 Å². The molecule has 24 heavy (non-hydrogen) atoms. The molecule has 2 atom stereocenters. The third-order valence-corrected chi connectivity index (χ3v) is 5.06. The van der Waals surface area contributed by atoms with Gasteiger partial charge in [0, 0.05) is 12.0 Å². The summed E-state index contributed by atoms with van der Waals surface area (Å²) in [6, 6.07) is 6.80. The SMILES string of the molecule is Cc1nc(C2CC2)oc1C(=O)N[C@@H]1CC[C@@H](c2ccc(F)cc2)C1. The van der Waals surface area contributed by atoms with Gasteiger partial charge in [-0.15, -0.1) is 0 Å². The summed E-state index contributed by atoms with van der Waals surface area (Å²) in [7, 11) is 0. The molecular formula is C19H21FN2O2. The van der Waals surface area contributed by atoms with Crippen LogP contribution in [0.5, 0.6) is 0 Å². The number of oxazole rings is 1.